The summed E-state index contributed by atoms with van der Waals surface area (Å²) in [5.74, 6) is 5.50. The molecule has 2 atom stereocenters. The minimum absolute atomic E-state index is 0.188. The van der Waals surface area contributed by atoms with E-state index in [0.717, 1.165) is 22.1 Å². The molecule has 0 aliphatic carbocycles. The Morgan fingerprint density at radius 1 is 1.00 bits per heavy atom. The highest BCUT2D eigenvalue weighted by molar-refractivity contribution is 5.80. The highest BCUT2D eigenvalue weighted by Crippen LogP contribution is 2.30. The molecule has 25 heavy (non-hydrogen) atoms. The van der Waals surface area contributed by atoms with Gasteiger partial charge in [-0.05, 0) is 43.3 Å². The number of aliphatic carboxylic acids is 1. The van der Waals surface area contributed by atoms with E-state index in [9.17, 15) is 4.79 Å². The quantitative estimate of drug-likeness (QED) is 0.689. The molecule has 0 aliphatic rings. The second-order valence-corrected chi connectivity index (χ2v) is 6.43. The molecule has 3 heteroatoms. The van der Waals surface area contributed by atoms with Crippen LogP contribution in [-0.4, -0.2) is 11.1 Å². The Hall–Kier alpha value is -2.99. The first-order chi connectivity index (χ1) is 11.9. The van der Waals surface area contributed by atoms with Gasteiger partial charge in [0.25, 0.3) is 0 Å². The summed E-state index contributed by atoms with van der Waals surface area (Å²) in [5.41, 5.74) is 3.84. The lowest BCUT2D eigenvalue weighted by Crippen LogP contribution is -2.16. The summed E-state index contributed by atoms with van der Waals surface area (Å²) >= 11 is 0. The molecule has 0 spiro atoms. The Kier molecular flexibility index (Phi) is 4.63. The van der Waals surface area contributed by atoms with Crippen LogP contribution in [0.5, 0.6) is 0 Å². The van der Waals surface area contributed by atoms with Crippen LogP contribution in [0.4, 0.5) is 0 Å². The number of hydrogen-bond acceptors (Lipinski definition) is 2. The van der Waals surface area contributed by atoms with Crippen molar-refractivity contribution in [2.24, 2.45) is 5.92 Å². The summed E-state index contributed by atoms with van der Waals surface area (Å²) < 4.78 is 5.82. The summed E-state index contributed by atoms with van der Waals surface area (Å²) in [4.78, 5) is 11.2. The fourth-order valence-corrected chi connectivity index (χ4v) is 2.61. The number of rotatable bonds is 3. The molecule has 0 bridgehead atoms. The van der Waals surface area contributed by atoms with Crippen molar-refractivity contribution >= 4 is 16.9 Å². The number of furan rings is 1. The van der Waals surface area contributed by atoms with E-state index in [1.807, 2.05) is 62.4 Å². The largest absolute Gasteiger partial charge is 0.481 e. The van der Waals surface area contributed by atoms with Crippen molar-refractivity contribution in [1.29, 1.82) is 0 Å². The third kappa shape index (κ3) is 3.75. The van der Waals surface area contributed by atoms with E-state index >= 15 is 0 Å². The van der Waals surface area contributed by atoms with Gasteiger partial charge in [-0.2, -0.15) is 0 Å². The van der Waals surface area contributed by atoms with Crippen LogP contribution in [0.15, 0.2) is 52.9 Å². The number of hydrogen-bond donors (Lipinski definition) is 1. The maximum absolute atomic E-state index is 11.2. The number of benzene rings is 2. The molecule has 126 valence electrons. The van der Waals surface area contributed by atoms with Crippen LogP contribution in [0.3, 0.4) is 0 Å². The number of carboxylic acids is 1. The lowest BCUT2D eigenvalue weighted by atomic mass is 9.94. The molecule has 0 saturated carbocycles. The third-order valence-electron chi connectivity index (χ3n) is 4.53. The zero-order valence-electron chi connectivity index (χ0n) is 14.5. The van der Waals surface area contributed by atoms with Crippen LogP contribution in [0.25, 0.3) is 11.0 Å². The molecule has 0 amide bonds. The van der Waals surface area contributed by atoms with E-state index in [4.69, 9.17) is 9.52 Å². The van der Waals surface area contributed by atoms with Crippen LogP contribution in [-0.2, 0) is 4.79 Å². The molecule has 3 nitrogen and oxygen atoms in total. The fraction of sp³-hybridized carbons (Fsp3) is 0.227. The van der Waals surface area contributed by atoms with Crippen molar-refractivity contribution < 1.29 is 14.3 Å². The maximum atomic E-state index is 11.2. The predicted octanol–water partition coefficient (Wildman–Crippen LogP) is 4.97. The fourth-order valence-electron chi connectivity index (χ4n) is 2.61. The standard InChI is InChI=1S/C22H20O3/c1-14-4-6-17(7-5-14)8-9-18-10-11-20-19(12-18)13-21(25-20)15(2)16(3)22(23)24/h4-7,10-13,15-16H,1-3H3,(H,23,24)/t15-,16-/m0/s1. The van der Waals surface area contributed by atoms with Crippen molar-refractivity contribution in [2.45, 2.75) is 26.7 Å². The number of carbonyl (C=O) groups is 1. The smallest absolute Gasteiger partial charge is 0.306 e. The summed E-state index contributed by atoms with van der Waals surface area (Å²) in [5, 5.41) is 10.1. The maximum Gasteiger partial charge on any atom is 0.306 e. The normalized spacial score (nSPS) is 13.1. The molecular formula is C22H20O3. The predicted molar refractivity (Wildman–Crippen MR) is 98.6 cm³/mol. The molecule has 0 radical (unpaired) electrons. The first-order valence-electron chi connectivity index (χ1n) is 8.29. The Morgan fingerprint density at radius 2 is 1.64 bits per heavy atom. The Bertz CT molecular complexity index is 968. The first kappa shape index (κ1) is 16.9. The molecule has 1 aromatic heterocycles. The Labute approximate surface area is 147 Å². The summed E-state index contributed by atoms with van der Waals surface area (Å²) in [6.07, 6.45) is 0. The van der Waals surface area contributed by atoms with Gasteiger partial charge in [-0.15, -0.1) is 0 Å². The van der Waals surface area contributed by atoms with Gasteiger partial charge >= 0.3 is 5.97 Å². The van der Waals surface area contributed by atoms with Crippen LogP contribution in [0.2, 0.25) is 0 Å². The van der Waals surface area contributed by atoms with Gasteiger partial charge in [-0.3, -0.25) is 4.79 Å². The molecule has 2 aromatic carbocycles. The molecule has 0 saturated heterocycles. The van der Waals surface area contributed by atoms with Crippen molar-refractivity contribution in [2.75, 3.05) is 0 Å². The van der Waals surface area contributed by atoms with Crippen molar-refractivity contribution in [3.8, 4) is 11.8 Å². The van der Waals surface area contributed by atoms with E-state index < -0.39 is 11.9 Å². The monoisotopic (exact) mass is 332 g/mol. The highest BCUT2D eigenvalue weighted by Gasteiger charge is 2.23. The van der Waals surface area contributed by atoms with Crippen LogP contribution < -0.4 is 0 Å². The van der Waals surface area contributed by atoms with Crippen LogP contribution in [0, 0.1) is 24.7 Å². The van der Waals surface area contributed by atoms with Crippen molar-refractivity contribution in [3.63, 3.8) is 0 Å². The number of carboxylic acid groups (broad SMARTS) is 1. The highest BCUT2D eigenvalue weighted by atomic mass is 16.4. The van der Waals surface area contributed by atoms with Gasteiger partial charge < -0.3 is 9.52 Å². The zero-order valence-corrected chi connectivity index (χ0v) is 14.5. The lowest BCUT2D eigenvalue weighted by molar-refractivity contribution is -0.141. The second kappa shape index (κ2) is 6.86. The van der Waals surface area contributed by atoms with Gasteiger partial charge in [0.2, 0.25) is 0 Å². The van der Waals surface area contributed by atoms with Gasteiger partial charge in [-0.1, -0.05) is 43.4 Å². The summed E-state index contributed by atoms with van der Waals surface area (Å²) in [7, 11) is 0. The number of aryl methyl sites for hydroxylation is 1. The van der Waals surface area contributed by atoms with Crippen LogP contribution in [0.1, 0.15) is 42.2 Å². The molecular weight excluding hydrogens is 312 g/mol. The number of fused-ring (bicyclic) bond motifs is 1. The van der Waals surface area contributed by atoms with Gasteiger partial charge in [0.05, 0.1) is 5.92 Å². The summed E-state index contributed by atoms with van der Waals surface area (Å²) in [6.45, 7) is 5.61. The van der Waals surface area contributed by atoms with E-state index in [1.54, 1.807) is 6.92 Å². The van der Waals surface area contributed by atoms with Gasteiger partial charge in [0, 0.05) is 22.4 Å². The summed E-state index contributed by atoms with van der Waals surface area (Å²) in [6, 6.07) is 15.8. The Morgan fingerprint density at radius 3 is 2.32 bits per heavy atom. The van der Waals surface area contributed by atoms with Gasteiger partial charge in [-0.25, -0.2) is 0 Å². The van der Waals surface area contributed by atoms with Gasteiger partial charge in [0.1, 0.15) is 11.3 Å². The topological polar surface area (TPSA) is 50.4 Å². The zero-order chi connectivity index (χ0) is 18.0. The minimum atomic E-state index is -0.822. The van der Waals surface area contributed by atoms with E-state index in [0.29, 0.717) is 5.76 Å². The first-order valence-corrected chi connectivity index (χ1v) is 8.29. The molecule has 1 heterocycles. The molecule has 3 aromatic rings. The van der Waals surface area contributed by atoms with E-state index in [-0.39, 0.29) is 5.92 Å². The van der Waals surface area contributed by atoms with Crippen molar-refractivity contribution in [1.82, 2.24) is 0 Å². The molecule has 0 fully saturated rings. The average molecular weight is 332 g/mol. The molecule has 0 unspecified atom stereocenters. The average Bonchev–Trinajstić information content (AvgIpc) is 3.03. The van der Waals surface area contributed by atoms with Gasteiger partial charge in [0.15, 0.2) is 0 Å². The van der Waals surface area contributed by atoms with E-state index in [1.165, 1.54) is 5.56 Å². The lowest BCUT2D eigenvalue weighted by Gasteiger charge is -2.12. The van der Waals surface area contributed by atoms with Crippen LogP contribution >= 0.6 is 0 Å². The minimum Gasteiger partial charge on any atom is -0.481 e. The molecule has 1 N–H and O–H groups in total. The molecule has 3 rings (SSSR count). The second-order valence-electron chi connectivity index (χ2n) is 6.43. The third-order valence-corrected chi connectivity index (χ3v) is 4.53. The van der Waals surface area contributed by atoms with E-state index in [2.05, 4.69) is 11.8 Å². The van der Waals surface area contributed by atoms with Crippen molar-refractivity contribution in [3.05, 3.63) is 71.0 Å². The molecule has 0 aliphatic heterocycles. The SMILES string of the molecule is Cc1ccc(C#Cc2ccc3oc([C@@H](C)[C@H](C)C(=O)O)cc3c2)cc1. The Balaban J connectivity index is 1.88.